The minimum absolute atomic E-state index is 0.113. The summed E-state index contributed by atoms with van der Waals surface area (Å²) in [6.07, 6.45) is -4.48. The molecule has 0 atom stereocenters. The summed E-state index contributed by atoms with van der Waals surface area (Å²) in [4.78, 5) is 30.3. The van der Waals surface area contributed by atoms with Gasteiger partial charge in [-0.25, -0.2) is 9.37 Å². The van der Waals surface area contributed by atoms with Gasteiger partial charge in [0.15, 0.2) is 11.3 Å². The zero-order valence-electron chi connectivity index (χ0n) is 16.6. The predicted octanol–water partition coefficient (Wildman–Crippen LogP) is 2.99. The first-order valence-electron chi connectivity index (χ1n) is 9.26. The van der Waals surface area contributed by atoms with Crippen molar-refractivity contribution in [2.24, 2.45) is 7.05 Å². The van der Waals surface area contributed by atoms with Crippen LogP contribution >= 0.6 is 0 Å². The molecule has 3 aromatic rings. The summed E-state index contributed by atoms with van der Waals surface area (Å²) in [5, 5.41) is 4.46. The largest absolute Gasteiger partial charge is 0.416 e. The molecule has 1 aromatic carbocycles. The number of aryl methyl sites for hydroxylation is 1. The average Bonchev–Trinajstić information content (AvgIpc) is 3.03. The summed E-state index contributed by atoms with van der Waals surface area (Å²) in [6.45, 7) is 4.84. The van der Waals surface area contributed by atoms with E-state index in [-0.39, 0.29) is 35.4 Å². The summed E-state index contributed by atoms with van der Waals surface area (Å²) in [5.41, 5.74) is -0.155. The maximum absolute atomic E-state index is 13.1. The van der Waals surface area contributed by atoms with E-state index in [1.165, 1.54) is 26.3 Å². The third-order valence-corrected chi connectivity index (χ3v) is 5.36. The van der Waals surface area contributed by atoms with E-state index in [0.717, 1.165) is 12.1 Å². The van der Waals surface area contributed by atoms with Gasteiger partial charge >= 0.3 is 6.18 Å². The highest BCUT2D eigenvalue weighted by Crippen LogP contribution is 2.34. The van der Waals surface area contributed by atoms with Gasteiger partial charge in [-0.2, -0.15) is 18.3 Å². The molecule has 0 saturated carbocycles. The van der Waals surface area contributed by atoms with Gasteiger partial charge in [0.05, 0.1) is 11.6 Å². The van der Waals surface area contributed by atoms with Gasteiger partial charge in [0, 0.05) is 25.7 Å². The number of fused-ring (bicyclic) bond motifs is 1. The molecule has 162 valence electrons. The lowest BCUT2D eigenvalue weighted by molar-refractivity contribution is -0.137. The van der Waals surface area contributed by atoms with Crippen molar-refractivity contribution in [1.29, 1.82) is 0 Å². The lowest BCUT2D eigenvalue weighted by atomic mass is 10.1. The van der Waals surface area contributed by atoms with E-state index >= 15 is 0 Å². The Kier molecular flexibility index (Phi) is 4.71. The molecule has 0 N–H and O–H groups in total. The normalized spacial score (nSPS) is 14.7. The topological polar surface area (TPSA) is 73.0 Å². The third-order valence-electron chi connectivity index (χ3n) is 5.36. The molecule has 0 bridgehead atoms. The molecule has 0 spiro atoms. The second kappa shape index (κ2) is 7.03. The molecule has 4 rings (SSSR count). The maximum Gasteiger partial charge on any atom is 0.416 e. The Labute approximate surface area is 173 Å². The number of likely N-dealkylation sites (tertiary alicyclic amines) is 1. The molecule has 7 nitrogen and oxygen atoms in total. The molecule has 1 amide bonds. The van der Waals surface area contributed by atoms with E-state index < -0.39 is 29.5 Å². The minimum atomic E-state index is -4.48. The number of hydrogen-bond acceptors (Lipinski definition) is 4. The molecule has 0 aliphatic carbocycles. The second-order valence-corrected chi connectivity index (χ2v) is 7.36. The number of carbonyl (C=O) groups is 1. The Morgan fingerprint density at radius 2 is 1.81 bits per heavy atom. The molecular formula is C20H17F4N5O2. The fourth-order valence-electron chi connectivity index (χ4n) is 3.50. The molecule has 1 saturated heterocycles. The number of hydrogen-bond donors (Lipinski definition) is 0. The number of amides is 1. The molecule has 11 heteroatoms. The van der Waals surface area contributed by atoms with Gasteiger partial charge < -0.3 is 4.90 Å². The number of alkyl halides is 3. The number of aromatic nitrogens is 4. The van der Waals surface area contributed by atoms with Gasteiger partial charge in [0.25, 0.3) is 11.5 Å². The van der Waals surface area contributed by atoms with E-state index in [9.17, 15) is 27.2 Å². The van der Waals surface area contributed by atoms with Gasteiger partial charge in [-0.1, -0.05) is 18.7 Å². The van der Waals surface area contributed by atoms with Crippen molar-refractivity contribution in [3.63, 3.8) is 0 Å². The smallest absolute Gasteiger partial charge is 0.332 e. The predicted molar refractivity (Wildman–Crippen MR) is 104 cm³/mol. The Balaban J connectivity index is 1.82. The van der Waals surface area contributed by atoms with Gasteiger partial charge in [-0.05, 0) is 19.1 Å². The van der Waals surface area contributed by atoms with Crippen molar-refractivity contribution in [3.05, 3.63) is 58.4 Å². The molecular weight excluding hydrogens is 418 g/mol. The lowest BCUT2D eigenvalue weighted by Gasteiger charge is -2.38. The summed E-state index contributed by atoms with van der Waals surface area (Å²) in [7, 11) is 1.54. The zero-order valence-corrected chi connectivity index (χ0v) is 16.6. The highest BCUT2D eigenvalue weighted by atomic mass is 19.4. The number of halogens is 4. The highest BCUT2D eigenvalue weighted by Gasteiger charge is 2.36. The molecule has 2 aromatic heterocycles. The van der Waals surface area contributed by atoms with Crippen LogP contribution in [0.25, 0.3) is 22.3 Å². The quantitative estimate of drug-likeness (QED) is 0.469. The van der Waals surface area contributed by atoms with Crippen molar-refractivity contribution < 1.29 is 22.4 Å². The van der Waals surface area contributed by atoms with Gasteiger partial charge in [-0.15, -0.1) is 0 Å². The number of rotatable bonds is 3. The molecule has 3 heterocycles. The molecule has 31 heavy (non-hydrogen) atoms. The van der Waals surface area contributed by atoms with E-state index in [1.54, 1.807) is 14.0 Å². The maximum atomic E-state index is 13.1. The van der Waals surface area contributed by atoms with Gasteiger partial charge in [0.1, 0.15) is 17.0 Å². The number of nitrogens with zero attached hydrogens (tertiary/aromatic N) is 5. The van der Waals surface area contributed by atoms with Crippen LogP contribution in [0.1, 0.15) is 17.4 Å². The van der Waals surface area contributed by atoms with Crippen LogP contribution in [0.15, 0.2) is 41.5 Å². The highest BCUT2D eigenvalue weighted by molar-refractivity contribution is 5.92. The lowest BCUT2D eigenvalue weighted by Crippen LogP contribution is -2.51. The van der Waals surface area contributed by atoms with Crippen LogP contribution in [0, 0.1) is 6.92 Å². The van der Waals surface area contributed by atoms with Crippen molar-refractivity contribution in [1.82, 2.24) is 24.2 Å². The first-order chi connectivity index (χ1) is 14.5. The third kappa shape index (κ3) is 3.39. The average molecular weight is 435 g/mol. The molecule has 1 aliphatic heterocycles. The minimum Gasteiger partial charge on any atom is -0.332 e. The summed E-state index contributed by atoms with van der Waals surface area (Å²) < 4.78 is 54.6. The van der Waals surface area contributed by atoms with Crippen LogP contribution in [0.5, 0.6) is 0 Å². The monoisotopic (exact) mass is 435 g/mol. The fourth-order valence-corrected chi connectivity index (χ4v) is 3.50. The molecule has 1 fully saturated rings. The van der Waals surface area contributed by atoms with E-state index in [4.69, 9.17) is 0 Å². The molecule has 1 aliphatic rings. The molecule has 0 unspecified atom stereocenters. The SMILES string of the molecule is C=C(F)C(=O)N1CC(n2nc(-c3ccc(C(F)(F)F)cc3)c3nc(C)n(C)c(=O)c32)C1. The van der Waals surface area contributed by atoms with E-state index in [0.29, 0.717) is 11.4 Å². The summed E-state index contributed by atoms with van der Waals surface area (Å²) >= 11 is 0. The fraction of sp³-hybridized carbons (Fsp3) is 0.300. The Morgan fingerprint density at radius 3 is 2.35 bits per heavy atom. The zero-order chi connectivity index (χ0) is 22.7. The van der Waals surface area contributed by atoms with Crippen LogP contribution in [0.4, 0.5) is 17.6 Å². The second-order valence-electron chi connectivity index (χ2n) is 7.36. The van der Waals surface area contributed by atoms with Crippen molar-refractivity contribution >= 4 is 16.9 Å². The molecule has 0 radical (unpaired) electrons. The van der Waals surface area contributed by atoms with Crippen LogP contribution in [-0.4, -0.2) is 43.2 Å². The van der Waals surface area contributed by atoms with Gasteiger partial charge in [-0.3, -0.25) is 18.8 Å². The van der Waals surface area contributed by atoms with Gasteiger partial charge in [0.2, 0.25) is 0 Å². The van der Waals surface area contributed by atoms with Crippen LogP contribution in [-0.2, 0) is 18.0 Å². The van der Waals surface area contributed by atoms with E-state index in [2.05, 4.69) is 16.7 Å². The Morgan fingerprint density at radius 1 is 1.19 bits per heavy atom. The van der Waals surface area contributed by atoms with Crippen LogP contribution in [0.3, 0.4) is 0 Å². The van der Waals surface area contributed by atoms with Crippen LogP contribution < -0.4 is 5.56 Å². The number of carbonyl (C=O) groups excluding carboxylic acids is 1. The first kappa shape index (κ1) is 20.8. The van der Waals surface area contributed by atoms with Crippen molar-refractivity contribution in [3.8, 4) is 11.3 Å². The Bertz CT molecular complexity index is 1270. The van der Waals surface area contributed by atoms with Crippen molar-refractivity contribution in [2.75, 3.05) is 13.1 Å². The van der Waals surface area contributed by atoms with E-state index in [1.807, 2.05) is 0 Å². The summed E-state index contributed by atoms with van der Waals surface area (Å²) in [5.74, 6) is -1.51. The number of benzene rings is 1. The van der Waals surface area contributed by atoms with Crippen LogP contribution in [0.2, 0.25) is 0 Å². The standard InChI is InChI=1S/C20H17F4N5O2/c1-10(21)18(30)28-8-14(9-28)29-17-16(25-11(2)27(3)19(17)31)15(26-29)12-4-6-13(7-5-12)20(22,23)24/h4-7,14H,1,8-9H2,2-3H3. The first-order valence-corrected chi connectivity index (χ1v) is 9.26. The Hall–Kier alpha value is -3.50. The van der Waals surface area contributed by atoms with Crippen molar-refractivity contribution in [2.45, 2.75) is 19.1 Å². The summed E-state index contributed by atoms with van der Waals surface area (Å²) in [6, 6.07) is 4.00.